The fourth-order valence-electron chi connectivity index (χ4n) is 4.80. The number of nitrogens with zero attached hydrogens (tertiary/aromatic N) is 3. The van der Waals surface area contributed by atoms with Gasteiger partial charge in [-0.3, -0.25) is 9.89 Å². The summed E-state index contributed by atoms with van der Waals surface area (Å²) in [6.07, 6.45) is 6.11. The minimum absolute atomic E-state index is 0.141. The SMILES string of the molecule is CC1CCN(C(=O)c2ccc(-c3cc(-c4ccc(N5CCCCC5)cc4)n[nH]3)cc2)CC1. The van der Waals surface area contributed by atoms with E-state index in [1.54, 1.807) is 0 Å². The highest BCUT2D eigenvalue weighted by Gasteiger charge is 2.21. The van der Waals surface area contributed by atoms with E-state index in [2.05, 4.69) is 52.4 Å². The first-order valence-electron chi connectivity index (χ1n) is 12.0. The third kappa shape index (κ3) is 4.43. The van der Waals surface area contributed by atoms with Gasteiger partial charge in [0.2, 0.25) is 0 Å². The first-order valence-corrected chi connectivity index (χ1v) is 12.0. The maximum atomic E-state index is 12.8. The van der Waals surface area contributed by atoms with E-state index in [9.17, 15) is 4.79 Å². The molecule has 2 aliphatic heterocycles. The van der Waals surface area contributed by atoms with Crippen molar-refractivity contribution < 1.29 is 4.79 Å². The molecule has 2 saturated heterocycles. The number of nitrogens with one attached hydrogen (secondary N) is 1. The molecule has 0 saturated carbocycles. The Morgan fingerprint density at radius 3 is 2.22 bits per heavy atom. The van der Waals surface area contributed by atoms with Gasteiger partial charge in [-0.25, -0.2) is 0 Å². The molecule has 2 aromatic carbocycles. The van der Waals surface area contributed by atoms with Crippen LogP contribution in [0.4, 0.5) is 5.69 Å². The molecule has 0 spiro atoms. The topological polar surface area (TPSA) is 52.2 Å². The Balaban J connectivity index is 1.26. The molecule has 5 rings (SSSR count). The zero-order chi connectivity index (χ0) is 21.9. The highest BCUT2D eigenvalue weighted by atomic mass is 16.2. The van der Waals surface area contributed by atoms with E-state index in [0.29, 0.717) is 0 Å². The van der Waals surface area contributed by atoms with E-state index >= 15 is 0 Å². The predicted octanol–water partition coefficient (Wildman–Crippen LogP) is 5.61. The van der Waals surface area contributed by atoms with Gasteiger partial charge in [-0.15, -0.1) is 0 Å². The lowest BCUT2D eigenvalue weighted by Gasteiger charge is -2.30. The zero-order valence-corrected chi connectivity index (χ0v) is 18.9. The summed E-state index contributed by atoms with van der Waals surface area (Å²) in [6.45, 7) is 6.30. The van der Waals surface area contributed by atoms with Crippen LogP contribution in [0.3, 0.4) is 0 Å². The highest BCUT2D eigenvalue weighted by molar-refractivity contribution is 5.94. The van der Waals surface area contributed by atoms with Gasteiger partial charge in [-0.05, 0) is 73.9 Å². The molecular formula is C27H32N4O. The Morgan fingerprint density at radius 1 is 0.875 bits per heavy atom. The second kappa shape index (κ2) is 9.19. The van der Waals surface area contributed by atoms with Crippen molar-refractivity contribution in [3.05, 3.63) is 60.2 Å². The average Bonchev–Trinajstić information content (AvgIpc) is 3.35. The Kier molecular flexibility index (Phi) is 5.97. The fraction of sp³-hybridized carbons (Fsp3) is 0.407. The number of likely N-dealkylation sites (tertiary alicyclic amines) is 1. The van der Waals surface area contributed by atoms with Crippen molar-refractivity contribution in [1.29, 1.82) is 0 Å². The molecule has 2 aliphatic rings. The van der Waals surface area contributed by atoms with Crippen molar-refractivity contribution in [3.8, 4) is 22.5 Å². The van der Waals surface area contributed by atoms with Crippen LogP contribution in [0.25, 0.3) is 22.5 Å². The molecule has 166 valence electrons. The van der Waals surface area contributed by atoms with Gasteiger partial charge in [0, 0.05) is 43.0 Å². The van der Waals surface area contributed by atoms with Crippen LogP contribution in [0.1, 0.15) is 49.4 Å². The summed E-state index contributed by atoms with van der Waals surface area (Å²) in [7, 11) is 0. The van der Waals surface area contributed by atoms with E-state index < -0.39 is 0 Å². The van der Waals surface area contributed by atoms with Gasteiger partial charge < -0.3 is 9.80 Å². The van der Waals surface area contributed by atoms with Crippen molar-refractivity contribution in [3.63, 3.8) is 0 Å². The number of H-pyrrole nitrogens is 1. The maximum absolute atomic E-state index is 12.8. The number of benzene rings is 2. The third-order valence-electron chi connectivity index (χ3n) is 6.98. The Labute approximate surface area is 190 Å². The number of carbonyl (C=O) groups is 1. The Hall–Kier alpha value is -3.08. The van der Waals surface area contributed by atoms with Crippen molar-refractivity contribution >= 4 is 11.6 Å². The molecule has 1 aromatic heterocycles. The second-order valence-electron chi connectivity index (χ2n) is 9.31. The van der Waals surface area contributed by atoms with Crippen LogP contribution in [-0.2, 0) is 0 Å². The molecule has 0 unspecified atom stereocenters. The first kappa shape index (κ1) is 20.8. The number of aromatic amines is 1. The molecular weight excluding hydrogens is 396 g/mol. The lowest BCUT2D eigenvalue weighted by molar-refractivity contribution is 0.0697. The summed E-state index contributed by atoms with van der Waals surface area (Å²) >= 11 is 0. The van der Waals surface area contributed by atoms with Gasteiger partial charge in [-0.2, -0.15) is 5.10 Å². The number of hydrogen-bond donors (Lipinski definition) is 1. The number of piperidine rings is 2. The monoisotopic (exact) mass is 428 g/mol. The van der Waals surface area contributed by atoms with Crippen molar-refractivity contribution in [2.75, 3.05) is 31.1 Å². The Bertz CT molecular complexity index is 1040. The van der Waals surface area contributed by atoms with Crippen molar-refractivity contribution in [1.82, 2.24) is 15.1 Å². The summed E-state index contributed by atoms with van der Waals surface area (Å²) in [5, 5.41) is 7.69. The van der Waals surface area contributed by atoms with Gasteiger partial charge in [0.05, 0.1) is 11.4 Å². The van der Waals surface area contributed by atoms with Crippen LogP contribution < -0.4 is 4.90 Å². The lowest BCUT2D eigenvalue weighted by atomic mass is 9.98. The van der Waals surface area contributed by atoms with Gasteiger partial charge >= 0.3 is 0 Å². The number of rotatable bonds is 4. The predicted molar refractivity (Wildman–Crippen MR) is 130 cm³/mol. The van der Waals surface area contributed by atoms with Crippen LogP contribution in [-0.4, -0.2) is 47.2 Å². The number of amides is 1. The molecule has 3 aromatic rings. The minimum Gasteiger partial charge on any atom is -0.372 e. The van der Waals surface area contributed by atoms with Crippen LogP contribution in [0.15, 0.2) is 54.6 Å². The minimum atomic E-state index is 0.141. The van der Waals surface area contributed by atoms with E-state index in [0.717, 1.165) is 73.0 Å². The largest absolute Gasteiger partial charge is 0.372 e. The summed E-state index contributed by atoms with van der Waals surface area (Å²) in [6, 6.07) is 18.7. The molecule has 0 radical (unpaired) electrons. The quantitative estimate of drug-likeness (QED) is 0.588. The summed E-state index contributed by atoms with van der Waals surface area (Å²) in [5.41, 5.74) is 6.11. The second-order valence-corrected chi connectivity index (χ2v) is 9.31. The van der Waals surface area contributed by atoms with E-state index in [4.69, 9.17) is 0 Å². The standard InChI is InChI=1S/C27H32N4O/c1-20-13-17-31(18-14-20)27(32)23-7-5-21(6-8-23)25-19-26(29-28-25)22-9-11-24(12-10-22)30-15-3-2-4-16-30/h5-12,19-20H,2-4,13-18H2,1H3,(H,28,29). The molecule has 0 bridgehead atoms. The van der Waals surface area contributed by atoms with Crippen LogP contribution in [0.5, 0.6) is 0 Å². The summed E-state index contributed by atoms with van der Waals surface area (Å²) in [5.74, 6) is 0.861. The smallest absolute Gasteiger partial charge is 0.253 e. The fourth-order valence-corrected chi connectivity index (χ4v) is 4.80. The number of carbonyl (C=O) groups excluding carboxylic acids is 1. The van der Waals surface area contributed by atoms with Crippen LogP contribution in [0.2, 0.25) is 0 Å². The summed E-state index contributed by atoms with van der Waals surface area (Å²) < 4.78 is 0. The average molecular weight is 429 g/mol. The van der Waals surface area contributed by atoms with Gasteiger partial charge in [-0.1, -0.05) is 31.2 Å². The molecule has 32 heavy (non-hydrogen) atoms. The van der Waals surface area contributed by atoms with E-state index in [1.165, 1.54) is 24.9 Å². The van der Waals surface area contributed by atoms with E-state index in [-0.39, 0.29) is 5.91 Å². The molecule has 0 atom stereocenters. The third-order valence-corrected chi connectivity index (χ3v) is 6.98. The lowest BCUT2D eigenvalue weighted by Crippen LogP contribution is -2.37. The normalized spacial score (nSPS) is 17.5. The molecule has 1 amide bonds. The summed E-state index contributed by atoms with van der Waals surface area (Å²) in [4.78, 5) is 17.2. The van der Waals surface area contributed by atoms with Crippen LogP contribution in [0, 0.1) is 5.92 Å². The maximum Gasteiger partial charge on any atom is 0.253 e. The Morgan fingerprint density at radius 2 is 1.53 bits per heavy atom. The first-order chi connectivity index (χ1) is 15.7. The number of hydrogen-bond acceptors (Lipinski definition) is 3. The van der Waals surface area contributed by atoms with Gasteiger partial charge in [0.25, 0.3) is 5.91 Å². The highest BCUT2D eigenvalue weighted by Crippen LogP contribution is 2.27. The molecule has 2 fully saturated rings. The zero-order valence-electron chi connectivity index (χ0n) is 18.9. The molecule has 1 N–H and O–H groups in total. The molecule has 0 aliphatic carbocycles. The number of aromatic nitrogens is 2. The number of anilines is 1. The van der Waals surface area contributed by atoms with Gasteiger partial charge in [0.15, 0.2) is 0 Å². The van der Waals surface area contributed by atoms with Gasteiger partial charge in [0.1, 0.15) is 0 Å². The van der Waals surface area contributed by atoms with Crippen LogP contribution >= 0.6 is 0 Å². The molecule has 5 nitrogen and oxygen atoms in total. The van der Waals surface area contributed by atoms with E-state index in [1.807, 2.05) is 29.2 Å². The van der Waals surface area contributed by atoms with Crippen molar-refractivity contribution in [2.45, 2.75) is 39.0 Å². The molecule has 3 heterocycles. The van der Waals surface area contributed by atoms with Crippen molar-refractivity contribution in [2.24, 2.45) is 5.92 Å². The molecule has 5 heteroatoms.